The van der Waals surface area contributed by atoms with E-state index < -0.39 is 0 Å². The van der Waals surface area contributed by atoms with Crippen LogP contribution in [0.3, 0.4) is 0 Å². The zero-order valence-corrected chi connectivity index (χ0v) is 14.1. The second-order valence-corrected chi connectivity index (χ2v) is 5.85. The molecule has 132 valence electrons. The van der Waals surface area contributed by atoms with Gasteiger partial charge in [-0.05, 0) is 36.4 Å². The van der Waals surface area contributed by atoms with Crippen LogP contribution >= 0.6 is 0 Å². The molecule has 3 aromatic rings. The summed E-state index contributed by atoms with van der Waals surface area (Å²) in [7, 11) is 0. The molecule has 8 nitrogen and oxygen atoms in total. The summed E-state index contributed by atoms with van der Waals surface area (Å²) in [6, 6.07) is 11.1. The first-order valence-electron chi connectivity index (χ1n) is 8.35. The van der Waals surface area contributed by atoms with Crippen LogP contribution in [0.1, 0.15) is 10.4 Å². The number of rotatable bonds is 4. The number of anilines is 2. The van der Waals surface area contributed by atoms with Gasteiger partial charge in [0.15, 0.2) is 5.82 Å². The molecule has 2 aromatic heterocycles. The lowest BCUT2D eigenvalue weighted by molar-refractivity contribution is 0.102. The zero-order chi connectivity index (χ0) is 17.8. The first-order chi connectivity index (χ1) is 12.8. The number of carbonyl (C=O) groups excluding carboxylic acids is 1. The second kappa shape index (κ2) is 7.32. The number of amides is 1. The third kappa shape index (κ3) is 3.55. The number of hydrogen-bond acceptors (Lipinski definition) is 6. The van der Waals surface area contributed by atoms with Crippen molar-refractivity contribution in [3.63, 3.8) is 0 Å². The molecule has 1 aliphatic rings. The SMILES string of the molecule is O=C(Nc1ccc(-n2cncn2)nc1)c1ccc(N2CCOCC2)cc1. The summed E-state index contributed by atoms with van der Waals surface area (Å²) >= 11 is 0. The maximum atomic E-state index is 12.4. The summed E-state index contributed by atoms with van der Waals surface area (Å²) in [4.78, 5) is 22.8. The van der Waals surface area contributed by atoms with Gasteiger partial charge >= 0.3 is 0 Å². The molecular formula is C18H18N6O2. The minimum Gasteiger partial charge on any atom is -0.378 e. The van der Waals surface area contributed by atoms with Crippen molar-refractivity contribution in [3.05, 3.63) is 60.8 Å². The van der Waals surface area contributed by atoms with Gasteiger partial charge in [0.25, 0.3) is 5.91 Å². The predicted octanol–water partition coefficient (Wildman–Crippen LogP) is 1.75. The quantitative estimate of drug-likeness (QED) is 0.772. The molecule has 0 spiro atoms. The van der Waals surface area contributed by atoms with Gasteiger partial charge in [-0.3, -0.25) is 4.79 Å². The van der Waals surface area contributed by atoms with E-state index in [0.717, 1.165) is 32.0 Å². The summed E-state index contributed by atoms with van der Waals surface area (Å²) < 4.78 is 6.91. The highest BCUT2D eigenvalue weighted by Crippen LogP contribution is 2.17. The van der Waals surface area contributed by atoms with Gasteiger partial charge in [0, 0.05) is 24.3 Å². The molecule has 8 heteroatoms. The van der Waals surface area contributed by atoms with Crippen molar-refractivity contribution >= 4 is 17.3 Å². The molecule has 1 N–H and O–H groups in total. The summed E-state index contributed by atoms with van der Waals surface area (Å²) in [6.45, 7) is 3.21. The molecule has 1 aliphatic heterocycles. The number of ether oxygens (including phenoxy) is 1. The molecule has 0 aliphatic carbocycles. The topological polar surface area (TPSA) is 85.2 Å². The van der Waals surface area contributed by atoms with Gasteiger partial charge in [-0.25, -0.2) is 14.6 Å². The first kappa shape index (κ1) is 16.2. The molecule has 0 unspecified atom stereocenters. The van der Waals surface area contributed by atoms with E-state index in [2.05, 4.69) is 25.3 Å². The van der Waals surface area contributed by atoms with E-state index in [1.54, 1.807) is 29.3 Å². The number of nitrogens with zero attached hydrogens (tertiary/aromatic N) is 5. The van der Waals surface area contributed by atoms with Crippen molar-refractivity contribution < 1.29 is 9.53 Å². The Hall–Kier alpha value is -3.26. The van der Waals surface area contributed by atoms with Crippen LogP contribution in [-0.2, 0) is 4.74 Å². The number of morpholine rings is 1. The Morgan fingerprint density at radius 2 is 1.88 bits per heavy atom. The van der Waals surface area contributed by atoms with Crippen LogP contribution in [0.4, 0.5) is 11.4 Å². The molecule has 0 bridgehead atoms. The maximum absolute atomic E-state index is 12.4. The van der Waals surface area contributed by atoms with E-state index >= 15 is 0 Å². The van der Waals surface area contributed by atoms with Crippen molar-refractivity contribution in [2.24, 2.45) is 0 Å². The van der Waals surface area contributed by atoms with Crippen molar-refractivity contribution in [2.75, 3.05) is 36.5 Å². The Morgan fingerprint density at radius 3 is 2.54 bits per heavy atom. The second-order valence-electron chi connectivity index (χ2n) is 5.85. The standard InChI is InChI=1S/C18H18N6O2/c25-18(14-1-4-16(5-2-14)23-7-9-26-10-8-23)22-15-3-6-17(20-11-15)24-13-19-12-21-24/h1-6,11-13H,7-10H2,(H,22,25). The molecular weight excluding hydrogens is 332 g/mol. The van der Waals surface area contributed by atoms with E-state index in [1.165, 1.54) is 6.33 Å². The molecule has 4 rings (SSSR count). The average Bonchev–Trinajstić information content (AvgIpc) is 3.24. The lowest BCUT2D eigenvalue weighted by Crippen LogP contribution is -2.36. The van der Waals surface area contributed by atoms with Crippen molar-refractivity contribution in [3.8, 4) is 5.82 Å². The normalized spacial score (nSPS) is 14.2. The van der Waals surface area contributed by atoms with Crippen LogP contribution < -0.4 is 10.2 Å². The molecule has 3 heterocycles. The highest BCUT2D eigenvalue weighted by atomic mass is 16.5. The Kier molecular flexibility index (Phi) is 4.57. The predicted molar refractivity (Wildman–Crippen MR) is 96.6 cm³/mol. The Morgan fingerprint density at radius 1 is 1.08 bits per heavy atom. The Bertz CT molecular complexity index is 856. The summed E-state index contributed by atoms with van der Waals surface area (Å²) in [5.74, 6) is 0.462. The number of pyridine rings is 1. The number of carbonyl (C=O) groups is 1. The highest BCUT2D eigenvalue weighted by molar-refractivity contribution is 6.04. The van der Waals surface area contributed by atoms with Crippen LogP contribution in [0.25, 0.3) is 5.82 Å². The van der Waals surface area contributed by atoms with Gasteiger partial charge in [0.05, 0.1) is 25.1 Å². The van der Waals surface area contributed by atoms with Crippen molar-refractivity contribution in [1.29, 1.82) is 0 Å². The summed E-state index contributed by atoms with van der Waals surface area (Å²) in [5.41, 5.74) is 2.32. The van der Waals surface area contributed by atoms with Gasteiger partial charge in [-0.2, -0.15) is 5.10 Å². The van der Waals surface area contributed by atoms with Crippen LogP contribution in [0.5, 0.6) is 0 Å². The van der Waals surface area contributed by atoms with Crippen LogP contribution in [-0.4, -0.2) is 52.0 Å². The lowest BCUT2D eigenvalue weighted by Gasteiger charge is -2.28. The fraction of sp³-hybridized carbons (Fsp3) is 0.222. The van der Waals surface area contributed by atoms with Crippen molar-refractivity contribution in [2.45, 2.75) is 0 Å². The monoisotopic (exact) mass is 350 g/mol. The number of hydrogen-bond donors (Lipinski definition) is 1. The summed E-state index contributed by atoms with van der Waals surface area (Å²) in [6.07, 6.45) is 4.60. The van der Waals surface area contributed by atoms with Crippen molar-refractivity contribution in [1.82, 2.24) is 19.7 Å². The molecule has 0 radical (unpaired) electrons. The van der Waals surface area contributed by atoms with E-state index in [4.69, 9.17) is 4.74 Å². The first-order valence-corrected chi connectivity index (χ1v) is 8.35. The molecule has 26 heavy (non-hydrogen) atoms. The number of nitrogens with one attached hydrogen (secondary N) is 1. The Balaban J connectivity index is 1.41. The zero-order valence-electron chi connectivity index (χ0n) is 14.1. The van der Waals surface area contributed by atoms with Crippen LogP contribution in [0, 0.1) is 0 Å². The largest absolute Gasteiger partial charge is 0.378 e. The van der Waals surface area contributed by atoms with Gasteiger partial charge < -0.3 is 15.0 Å². The number of aromatic nitrogens is 4. The minimum absolute atomic E-state index is 0.172. The van der Waals surface area contributed by atoms with Gasteiger partial charge in [-0.1, -0.05) is 0 Å². The van der Waals surface area contributed by atoms with Crippen LogP contribution in [0.15, 0.2) is 55.2 Å². The summed E-state index contributed by atoms with van der Waals surface area (Å²) in [5, 5.41) is 6.86. The van der Waals surface area contributed by atoms with Gasteiger partial charge in [-0.15, -0.1) is 0 Å². The molecule has 0 atom stereocenters. The fourth-order valence-corrected chi connectivity index (χ4v) is 2.77. The number of benzene rings is 1. The third-order valence-corrected chi connectivity index (χ3v) is 4.16. The third-order valence-electron chi connectivity index (χ3n) is 4.16. The van der Waals surface area contributed by atoms with E-state index in [-0.39, 0.29) is 5.91 Å². The van der Waals surface area contributed by atoms with E-state index in [9.17, 15) is 4.79 Å². The smallest absolute Gasteiger partial charge is 0.255 e. The fourth-order valence-electron chi connectivity index (χ4n) is 2.77. The van der Waals surface area contributed by atoms with E-state index in [1.807, 2.05) is 24.3 Å². The molecule has 1 aromatic carbocycles. The maximum Gasteiger partial charge on any atom is 0.255 e. The highest BCUT2D eigenvalue weighted by Gasteiger charge is 2.12. The molecule has 1 fully saturated rings. The minimum atomic E-state index is -0.172. The molecule has 1 amide bonds. The van der Waals surface area contributed by atoms with Crippen LogP contribution in [0.2, 0.25) is 0 Å². The van der Waals surface area contributed by atoms with E-state index in [0.29, 0.717) is 17.1 Å². The molecule has 1 saturated heterocycles. The Labute approximate surface area is 150 Å². The van der Waals surface area contributed by atoms with Gasteiger partial charge in [0.2, 0.25) is 0 Å². The van der Waals surface area contributed by atoms with Gasteiger partial charge in [0.1, 0.15) is 12.7 Å². The lowest BCUT2D eigenvalue weighted by atomic mass is 10.1. The molecule has 0 saturated carbocycles. The average molecular weight is 350 g/mol.